The first-order valence-electron chi connectivity index (χ1n) is 6.75. The first kappa shape index (κ1) is 14.4. The van der Waals surface area contributed by atoms with Crippen LogP contribution >= 0.6 is 0 Å². The second kappa shape index (κ2) is 5.55. The Hall–Kier alpha value is -1.00. The highest BCUT2D eigenvalue weighted by Crippen LogP contribution is 2.34. The maximum absolute atomic E-state index is 13.8. The van der Waals surface area contributed by atoms with Crippen LogP contribution in [0.15, 0.2) is 18.2 Å². The van der Waals surface area contributed by atoms with E-state index >= 15 is 0 Å². The first-order valence-corrected chi connectivity index (χ1v) is 6.75. The minimum absolute atomic E-state index is 0.105. The van der Waals surface area contributed by atoms with E-state index in [1.54, 1.807) is 0 Å². The van der Waals surface area contributed by atoms with E-state index in [0.717, 1.165) is 32.0 Å². The van der Waals surface area contributed by atoms with Crippen LogP contribution in [-0.4, -0.2) is 29.7 Å². The summed E-state index contributed by atoms with van der Waals surface area (Å²) in [5.41, 5.74) is 0.395. The van der Waals surface area contributed by atoms with E-state index in [1.807, 2.05) is 13.8 Å². The highest BCUT2D eigenvalue weighted by Gasteiger charge is 2.33. The second-order valence-electron chi connectivity index (χ2n) is 5.88. The molecule has 0 radical (unpaired) electrons. The molecule has 0 amide bonds. The van der Waals surface area contributed by atoms with Crippen LogP contribution in [0.25, 0.3) is 0 Å². The molecule has 106 valence electrons. The number of rotatable bonds is 3. The van der Waals surface area contributed by atoms with Gasteiger partial charge in [0.25, 0.3) is 0 Å². The quantitative estimate of drug-likeness (QED) is 0.911. The highest BCUT2D eigenvalue weighted by atomic mass is 19.1. The van der Waals surface area contributed by atoms with Crippen molar-refractivity contribution in [3.8, 4) is 0 Å². The molecule has 0 saturated carbocycles. The van der Waals surface area contributed by atoms with Crippen molar-refractivity contribution in [2.24, 2.45) is 5.41 Å². The highest BCUT2D eigenvalue weighted by molar-refractivity contribution is 5.22. The summed E-state index contributed by atoms with van der Waals surface area (Å²) in [5.74, 6) is -1.05. The van der Waals surface area contributed by atoms with E-state index in [-0.39, 0.29) is 18.1 Å². The summed E-state index contributed by atoms with van der Waals surface area (Å²) < 4.78 is 26.8. The van der Waals surface area contributed by atoms with Gasteiger partial charge in [-0.2, -0.15) is 0 Å². The van der Waals surface area contributed by atoms with Crippen molar-refractivity contribution in [1.82, 2.24) is 4.90 Å². The topological polar surface area (TPSA) is 23.5 Å². The van der Waals surface area contributed by atoms with Gasteiger partial charge in [0.05, 0.1) is 0 Å². The molecule has 4 heteroatoms. The molecule has 1 aromatic carbocycles. The van der Waals surface area contributed by atoms with E-state index in [4.69, 9.17) is 0 Å². The molecule has 0 aromatic heterocycles. The molecule has 1 fully saturated rings. The Morgan fingerprint density at radius 1 is 1.42 bits per heavy atom. The zero-order valence-electron chi connectivity index (χ0n) is 11.5. The molecule has 1 aliphatic rings. The fourth-order valence-corrected chi connectivity index (χ4v) is 2.85. The predicted octanol–water partition coefficient (Wildman–Crippen LogP) is 3.12. The first-order chi connectivity index (χ1) is 8.95. The van der Waals surface area contributed by atoms with Crippen molar-refractivity contribution >= 4 is 0 Å². The van der Waals surface area contributed by atoms with Crippen LogP contribution in [0, 0.1) is 17.0 Å². The Labute approximate surface area is 113 Å². The number of hydrogen-bond acceptors (Lipinski definition) is 2. The molecule has 2 nitrogen and oxygen atoms in total. The molecule has 1 heterocycles. The van der Waals surface area contributed by atoms with Crippen molar-refractivity contribution in [3.63, 3.8) is 0 Å². The third-order valence-corrected chi connectivity index (χ3v) is 4.15. The van der Waals surface area contributed by atoms with Crippen molar-refractivity contribution in [3.05, 3.63) is 35.4 Å². The average Bonchev–Trinajstić information content (AvgIpc) is 2.38. The normalized spacial score (nSPS) is 26.4. The lowest BCUT2D eigenvalue weighted by Gasteiger charge is -2.42. The third-order valence-electron chi connectivity index (χ3n) is 4.15. The average molecular weight is 269 g/mol. The summed E-state index contributed by atoms with van der Waals surface area (Å²) >= 11 is 0. The van der Waals surface area contributed by atoms with E-state index in [9.17, 15) is 13.9 Å². The molecule has 2 unspecified atom stereocenters. The molecule has 1 aliphatic heterocycles. The lowest BCUT2D eigenvalue weighted by atomic mass is 9.82. The van der Waals surface area contributed by atoms with Gasteiger partial charge in [-0.05, 0) is 32.4 Å². The van der Waals surface area contributed by atoms with Gasteiger partial charge in [-0.15, -0.1) is 0 Å². The maximum Gasteiger partial charge on any atom is 0.130 e. The van der Waals surface area contributed by atoms with Crippen LogP contribution in [0.3, 0.4) is 0 Å². The minimum Gasteiger partial charge on any atom is -0.396 e. The molecular formula is C15H21F2NO. The monoisotopic (exact) mass is 269 g/mol. The summed E-state index contributed by atoms with van der Waals surface area (Å²) in [4.78, 5) is 2.16. The van der Waals surface area contributed by atoms with Gasteiger partial charge < -0.3 is 5.11 Å². The van der Waals surface area contributed by atoms with Gasteiger partial charge in [0.2, 0.25) is 0 Å². The van der Waals surface area contributed by atoms with Gasteiger partial charge in [-0.3, -0.25) is 4.90 Å². The Balaban J connectivity index is 2.17. The van der Waals surface area contributed by atoms with E-state index in [2.05, 4.69) is 4.90 Å². The van der Waals surface area contributed by atoms with Crippen molar-refractivity contribution < 1.29 is 13.9 Å². The molecule has 0 bridgehead atoms. The van der Waals surface area contributed by atoms with E-state index < -0.39 is 11.6 Å². The van der Waals surface area contributed by atoms with Crippen LogP contribution in [0.4, 0.5) is 8.78 Å². The number of nitrogens with zero attached hydrogens (tertiary/aromatic N) is 1. The van der Waals surface area contributed by atoms with Crippen molar-refractivity contribution in [2.45, 2.75) is 32.7 Å². The number of aliphatic hydroxyl groups is 1. The Bertz CT molecular complexity index is 452. The molecule has 1 N–H and O–H groups in total. The molecule has 1 saturated heterocycles. The van der Waals surface area contributed by atoms with Crippen LogP contribution in [-0.2, 0) is 0 Å². The van der Waals surface area contributed by atoms with Gasteiger partial charge in [0.15, 0.2) is 0 Å². The Kier molecular flexibility index (Phi) is 4.21. The molecule has 19 heavy (non-hydrogen) atoms. The van der Waals surface area contributed by atoms with Gasteiger partial charge in [-0.1, -0.05) is 13.0 Å². The molecular weight excluding hydrogens is 248 g/mol. The number of piperidine rings is 1. The summed E-state index contributed by atoms with van der Waals surface area (Å²) in [7, 11) is 0. The van der Waals surface area contributed by atoms with Crippen LogP contribution in [0.2, 0.25) is 0 Å². The summed E-state index contributed by atoms with van der Waals surface area (Å²) in [6.45, 7) is 5.74. The maximum atomic E-state index is 13.8. The Morgan fingerprint density at radius 2 is 2.16 bits per heavy atom. The molecule has 2 rings (SSSR count). The standard InChI is InChI=1S/C15H21F2NO/c1-11(13-5-4-12(16)8-14(13)17)18-7-3-6-15(2,9-18)10-19/h4-5,8,11,19H,3,6-7,9-10H2,1-2H3. The SMILES string of the molecule is CC(c1ccc(F)cc1F)N1CCCC(C)(CO)C1. The Morgan fingerprint density at radius 3 is 2.79 bits per heavy atom. The zero-order chi connectivity index (χ0) is 14.0. The van der Waals surface area contributed by atoms with Gasteiger partial charge in [0.1, 0.15) is 11.6 Å². The molecule has 0 aliphatic carbocycles. The van der Waals surface area contributed by atoms with Crippen molar-refractivity contribution in [2.75, 3.05) is 19.7 Å². The van der Waals surface area contributed by atoms with Crippen LogP contribution < -0.4 is 0 Å². The van der Waals surface area contributed by atoms with Crippen molar-refractivity contribution in [1.29, 1.82) is 0 Å². The third kappa shape index (κ3) is 3.12. The number of hydrogen-bond donors (Lipinski definition) is 1. The van der Waals surface area contributed by atoms with Crippen LogP contribution in [0.5, 0.6) is 0 Å². The predicted molar refractivity (Wildman–Crippen MR) is 70.8 cm³/mol. The van der Waals surface area contributed by atoms with Gasteiger partial charge >= 0.3 is 0 Å². The van der Waals surface area contributed by atoms with Gasteiger partial charge in [0, 0.05) is 36.2 Å². The summed E-state index contributed by atoms with van der Waals surface area (Å²) in [6.07, 6.45) is 1.98. The van der Waals surface area contributed by atoms with Crippen LogP contribution in [0.1, 0.15) is 38.3 Å². The summed E-state index contributed by atoms with van der Waals surface area (Å²) in [6, 6.07) is 3.64. The zero-order valence-corrected chi connectivity index (χ0v) is 11.5. The number of benzene rings is 1. The molecule has 1 aromatic rings. The smallest absolute Gasteiger partial charge is 0.130 e. The lowest BCUT2D eigenvalue weighted by molar-refractivity contribution is 0.0274. The van der Waals surface area contributed by atoms with Gasteiger partial charge in [-0.25, -0.2) is 8.78 Å². The minimum atomic E-state index is -0.549. The fourth-order valence-electron chi connectivity index (χ4n) is 2.85. The fraction of sp³-hybridized carbons (Fsp3) is 0.600. The largest absolute Gasteiger partial charge is 0.396 e. The number of halogens is 2. The lowest BCUT2D eigenvalue weighted by Crippen LogP contribution is -2.44. The second-order valence-corrected chi connectivity index (χ2v) is 5.88. The number of likely N-dealkylation sites (tertiary alicyclic amines) is 1. The van der Waals surface area contributed by atoms with E-state index in [1.165, 1.54) is 12.1 Å². The number of aliphatic hydroxyl groups excluding tert-OH is 1. The summed E-state index contributed by atoms with van der Waals surface area (Å²) in [5, 5.41) is 9.46. The van der Waals surface area contributed by atoms with E-state index in [0.29, 0.717) is 5.56 Å². The molecule has 2 atom stereocenters. The molecule has 0 spiro atoms.